The second kappa shape index (κ2) is 3.37. The largest absolute Gasteiger partial charge is 0.369 e. The van der Waals surface area contributed by atoms with Crippen LogP contribution in [-0.4, -0.2) is 29.9 Å². The van der Waals surface area contributed by atoms with E-state index < -0.39 is 0 Å². The molecule has 2 heterocycles. The van der Waals surface area contributed by atoms with E-state index in [1.807, 2.05) is 0 Å². The van der Waals surface area contributed by atoms with Crippen LogP contribution in [0.5, 0.6) is 0 Å². The zero-order chi connectivity index (χ0) is 9.38. The standard InChI is InChI=1S/C10H15N3O/c1-2-7-8(3-1)12-13-10(7)9-6-11-4-5-14-9/h9,11H,1-6H2,(H,12,13). The first-order valence-electron chi connectivity index (χ1n) is 5.33. The predicted molar refractivity (Wildman–Crippen MR) is 52.2 cm³/mol. The van der Waals surface area contributed by atoms with Crippen LogP contribution in [0, 0.1) is 0 Å². The molecule has 76 valence electrons. The van der Waals surface area contributed by atoms with E-state index >= 15 is 0 Å². The number of H-pyrrole nitrogens is 1. The second-order valence-corrected chi connectivity index (χ2v) is 3.98. The van der Waals surface area contributed by atoms with Crippen molar-refractivity contribution in [3.8, 4) is 0 Å². The zero-order valence-electron chi connectivity index (χ0n) is 8.18. The number of nitrogens with one attached hydrogen (secondary N) is 2. The lowest BCUT2D eigenvalue weighted by molar-refractivity contribution is 0.0245. The minimum atomic E-state index is 0.168. The van der Waals surface area contributed by atoms with Crippen LogP contribution < -0.4 is 5.32 Å². The number of fused-ring (bicyclic) bond motifs is 1. The van der Waals surface area contributed by atoms with Crippen LogP contribution in [0.3, 0.4) is 0 Å². The Balaban J connectivity index is 1.88. The predicted octanol–water partition coefficient (Wildman–Crippen LogP) is 0.559. The van der Waals surface area contributed by atoms with Crippen molar-refractivity contribution in [1.29, 1.82) is 0 Å². The Morgan fingerprint density at radius 2 is 2.36 bits per heavy atom. The maximum atomic E-state index is 5.70. The number of nitrogens with zero attached hydrogens (tertiary/aromatic N) is 1. The highest BCUT2D eigenvalue weighted by atomic mass is 16.5. The minimum absolute atomic E-state index is 0.168. The quantitative estimate of drug-likeness (QED) is 0.685. The average Bonchev–Trinajstić information content (AvgIpc) is 2.79. The molecular weight excluding hydrogens is 178 g/mol. The van der Waals surface area contributed by atoms with Gasteiger partial charge in [-0.05, 0) is 24.8 Å². The summed E-state index contributed by atoms with van der Waals surface area (Å²) in [6.45, 7) is 2.66. The summed E-state index contributed by atoms with van der Waals surface area (Å²) in [4.78, 5) is 0. The molecule has 2 aliphatic rings. The lowest BCUT2D eigenvalue weighted by Crippen LogP contribution is -2.33. The maximum Gasteiger partial charge on any atom is 0.114 e. The van der Waals surface area contributed by atoms with Gasteiger partial charge in [-0.1, -0.05) is 0 Å². The highest BCUT2D eigenvalue weighted by Crippen LogP contribution is 2.28. The third kappa shape index (κ3) is 1.26. The topological polar surface area (TPSA) is 49.9 Å². The monoisotopic (exact) mass is 193 g/mol. The van der Waals surface area contributed by atoms with Crippen LogP contribution in [0.4, 0.5) is 0 Å². The van der Waals surface area contributed by atoms with Crippen LogP contribution in [0.15, 0.2) is 0 Å². The molecule has 1 aromatic rings. The first-order valence-corrected chi connectivity index (χ1v) is 5.33. The van der Waals surface area contributed by atoms with Gasteiger partial charge >= 0.3 is 0 Å². The van der Waals surface area contributed by atoms with Crippen molar-refractivity contribution in [3.63, 3.8) is 0 Å². The van der Waals surface area contributed by atoms with Crippen molar-refractivity contribution in [3.05, 3.63) is 17.0 Å². The first kappa shape index (κ1) is 8.44. The zero-order valence-corrected chi connectivity index (χ0v) is 8.18. The number of aryl methyl sites for hydroxylation is 1. The molecule has 3 rings (SSSR count). The Kier molecular flexibility index (Phi) is 2.03. The molecule has 0 radical (unpaired) electrons. The lowest BCUT2D eigenvalue weighted by Gasteiger charge is -2.22. The van der Waals surface area contributed by atoms with Crippen LogP contribution in [0.25, 0.3) is 0 Å². The van der Waals surface area contributed by atoms with E-state index in [0.717, 1.165) is 31.8 Å². The van der Waals surface area contributed by atoms with Crippen molar-refractivity contribution in [2.45, 2.75) is 25.4 Å². The van der Waals surface area contributed by atoms with Gasteiger partial charge in [-0.2, -0.15) is 5.10 Å². The molecule has 1 fully saturated rings. The van der Waals surface area contributed by atoms with E-state index in [0.29, 0.717) is 0 Å². The Bertz CT molecular complexity index is 328. The van der Waals surface area contributed by atoms with E-state index in [-0.39, 0.29) is 6.10 Å². The van der Waals surface area contributed by atoms with Crippen LogP contribution in [0.1, 0.15) is 29.5 Å². The van der Waals surface area contributed by atoms with Crippen LogP contribution in [-0.2, 0) is 17.6 Å². The third-order valence-corrected chi connectivity index (χ3v) is 3.07. The molecule has 1 unspecified atom stereocenters. The van der Waals surface area contributed by atoms with Gasteiger partial charge in [0, 0.05) is 18.8 Å². The summed E-state index contributed by atoms with van der Waals surface area (Å²) in [5.74, 6) is 0. The van der Waals surface area contributed by atoms with Gasteiger partial charge in [0.05, 0.1) is 12.3 Å². The Morgan fingerprint density at radius 3 is 3.21 bits per heavy atom. The molecule has 4 nitrogen and oxygen atoms in total. The number of morpholine rings is 1. The van der Waals surface area contributed by atoms with E-state index in [9.17, 15) is 0 Å². The molecule has 0 bridgehead atoms. The van der Waals surface area contributed by atoms with Gasteiger partial charge in [-0.25, -0.2) is 0 Å². The van der Waals surface area contributed by atoms with Gasteiger partial charge in [-0.3, -0.25) is 5.10 Å². The van der Waals surface area contributed by atoms with E-state index in [1.165, 1.54) is 24.1 Å². The number of hydrogen-bond donors (Lipinski definition) is 2. The molecule has 1 aliphatic heterocycles. The number of rotatable bonds is 1. The first-order chi connectivity index (χ1) is 6.95. The molecular formula is C10H15N3O. The summed E-state index contributed by atoms with van der Waals surface area (Å²) in [5.41, 5.74) is 3.89. The molecule has 1 atom stereocenters. The smallest absolute Gasteiger partial charge is 0.114 e. The van der Waals surface area contributed by atoms with Gasteiger partial charge in [0.2, 0.25) is 0 Å². The summed E-state index contributed by atoms with van der Waals surface area (Å²) in [6.07, 6.45) is 3.75. The molecule has 4 heteroatoms. The molecule has 14 heavy (non-hydrogen) atoms. The van der Waals surface area contributed by atoms with E-state index in [1.54, 1.807) is 0 Å². The molecule has 0 amide bonds. The molecule has 0 spiro atoms. The average molecular weight is 193 g/mol. The van der Waals surface area contributed by atoms with Gasteiger partial charge < -0.3 is 10.1 Å². The summed E-state index contributed by atoms with van der Waals surface area (Å²) in [7, 11) is 0. The van der Waals surface area contributed by atoms with Crippen molar-refractivity contribution >= 4 is 0 Å². The SMILES string of the molecule is C1Cc2[nH]nc(C3CNCCO3)c2C1. The Labute approximate surface area is 83.0 Å². The maximum absolute atomic E-state index is 5.70. The van der Waals surface area contributed by atoms with Gasteiger partial charge in [-0.15, -0.1) is 0 Å². The molecule has 1 aromatic heterocycles. The van der Waals surface area contributed by atoms with Crippen molar-refractivity contribution in [2.24, 2.45) is 0 Å². The third-order valence-electron chi connectivity index (χ3n) is 3.07. The van der Waals surface area contributed by atoms with Crippen LogP contribution >= 0.6 is 0 Å². The Hall–Kier alpha value is -0.870. The fourth-order valence-electron chi connectivity index (χ4n) is 2.35. The molecule has 2 N–H and O–H groups in total. The fraction of sp³-hybridized carbons (Fsp3) is 0.700. The number of hydrogen-bond acceptors (Lipinski definition) is 3. The number of ether oxygens (including phenoxy) is 1. The van der Waals surface area contributed by atoms with Crippen molar-refractivity contribution < 1.29 is 4.74 Å². The summed E-state index contributed by atoms with van der Waals surface area (Å²) >= 11 is 0. The molecule has 0 aromatic carbocycles. The van der Waals surface area contributed by atoms with Gasteiger partial charge in [0.1, 0.15) is 6.10 Å². The second-order valence-electron chi connectivity index (χ2n) is 3.98. The number of aromatic amines is 1. The van der Waals surface area contributed by atoms with Crippen molar-refractivity contribution in [2.75, 3.05) is 19.7 Å². The number of aromatic nitrogens is 2. The molecule has 1 saturated heterocycles. The summed E-state index contributed by atoms with van der Waals surface area (Å²) in [5, 5.41) is 10.8. The lowest BCUT2D eigenvalue weighted by atomic mass is 10.1. The van der Waals surface area contributed by atoms with Crippen molar-refractivity contribution in [1.82, 2.24) is 15.5 Å². The van der Waals surface area contributed by atoms with Gasteiger partial charge in [0.25, 0.3) is 0 Å². The molecule has 1 aliphatic carbocycles. The highest BCUT2D eigenvalue weighted by Gasteiger charge is 2.26. The van der Waals surface area contributed by atoms with E-state index in [2.05, 4.69) is 15.5 Å². The minimum Gasteiger partial charge on any atom is -0.369 e. The summed E-state index contributed by atoms with van der Waals surface area (Å²) < 4.78 is 5.70. The fourth-order valence-corrected chi connectivity index (χ4v) is 2.35. The van der Waals surface area contributed by atoms with E-state index in [4.69, 9.17) is 4.74 Å². The van der Waals surface area contributed by atoms with Gasteiger partial charge in [0.15, 0.2) is 0 Å². The van der Waals surface area contributed by atoms with Crippen LogP contribution in [0.2, 0.25) is 0 Å². The summed E-state index contributed by atoms with van der Waals surface area (Å²) in [6, 6.07) is 0. The Morgan fingerprint density at radius 1 is 1.36 bits per heavy atom. The molecule has 0 saturated carbocycles. The normalized spacial score (nSPS) is 26.4. The highest BCUT2D eigenvalue weighted by molar-refractivity contribution is 5.31.